The second-order valence-electron chi connectivity index (χ2n) is 4.52. The number of halogens is 1. The van der Waals surface area contributed by atoms with Crippen LogP contribution in [0.25, 0.3) is 11.2 Å². The number of primary amides is 1. The Labute approximate surface area is 114 Å². The van der Waals surface area contributed by atoms with Crippen LogP contribution >= 0.6 is 11.6 Å². The van der Waals surface area contributed by atoms with Crippen molar-refractivity contribution in [1.29, 1.82) is 0 Å². The number of aromatic amines is 1. The number of anilines is 1. The normalized spacial score (nSPS) is 19.8. The maximum atomic E-state index is 11.6. The first kappa shape index (κ1) is 12.2. The zero-order valence-electron chi connectivity index (χ0n) is 10.1. The highest BCUT2D eigenvalue weighted by molar-refractivity contribution is 6.28. The number of piperidine rings is 1. The van der Waals surface area contributed by atoms with E-state index >= 15 is 0 Å². The Morgan fingerprint density at radius 2 is 2.32 bits per heavy atom. The van der Waals surface area contributed by atoms with Gasteiger partial charge in [0.15, 0.2) is 11.5 Å². The smallest absolute Gasteiger partial charge is 0.240 e. The van der Waals surface area contributed by atoms with E-state index in [-0.39, 0.29) is 17.2 Å². The number of rotatable bonds is 2. The summed E-state index contributed by atoms with van der Waals surface area (Å²) in [6.07, 6.45) is 4.23. The van der Waals surface area contributed by atoms with Crippen LogP contribution in [-0.4, -0.2) is 38.4 Å². The van der Waals surface area contributed by atoms with Gasteiger partial charge in [-0.05, 0) is 30.9 Å². The van der Waals surface area contributed by atoms with Crippen molar-refractivity contribution in [2.75, 3.05) is 11.4 Å². The number of aromatic nitrogens is 4. The van der Waals surface area contributed by atoms with E-state index in [4.69, 9.17) is 17.3 Å². The fourth-order valence-corrected chi connectivity index (χ4v) is 2.64. The lowest BCUT2D eigenvalue weighted by Crippen LogP contribution is -2.48. The van der Waals surface area contributed by atoms with Gasteiger partial charge in [-0.3, -0.25) is 4.79 Å². The van der Waals surface area contributed by atoms with Crippen molar-refractivity contribution < 1.29 is 4.79 Å². The minimum absolute atomic E-state index is 0.114. The molecule has 3 heterocycles. The molecule has 3 N–H and O–H groups in total. The highest BCUT2D eigenvalue weighted by atomic mass is 35.5. The first-order valence-corrected chi connectivity index (χ1v) is 6.47. The minimum atomic E-state index is -0.355. The largest absolute Gasteiger partial charge is 0.368 e. The van der Waals surface area contributed by atoms with Gasteiger partial charge in [0, 0.05) is 6.54 Å². The SMILES string of the molecule is NC(=O)C1CCCCN1c1nc(Cl)nc2nc[nH]c12. The van der Waals surface area contributed by atoms with Crippen LogP contribution in [0.5, 0.6) is 0 Å². The van der Waals surface area contributed by atoms with E-state index in [9.17, 15) is 4.79 Å². The van der Waals surface area contributed by atoms with Crippen molar-refractivity contribution in [1.82, 2.24) is 19.9 Å². The molecule has 1 atom stereocenters. The van der Waals surface area contributed by atoms with Crippen LogP contribution in [0.4, 0.5) is 5.82 Å². The van der Waals surface area contributed by atoms with Crippen molar-refractivity contribution in [3.05, 3.63) is 11.6 Å². The second kappa shape index (κ2) is 4.65. The summed E-state index contributed by atoms with van der Waals surface area (Å²) in [7, 11) is 0. The third-order valence-electron chi connectivity index (χ3n) is 3.34. The van der Waals surface area contributed by atoms with E-state index in [1.165, 1.54) is 6.33 Å². The minimum Gasteiger partial charge on any atom is -0.368 e. The number of nitrogens with two attached hydrogens (primary N) is 1. The molecule has 0 spiro atoms. The number of hydrogen-bond acceptors (Lipinski definition) is 5. The summed E-state index contributed by atoms with van der Waals surface area (Å²) in [6, 6.07) is -0.355. The molecule has 1 unspecified atom stereocenters. The highest BCUT2D eigenvalue weighted by Crippen LogP contribution is 2.28. The number of carbonyl (C=O) groups is 1. The Kier molecular flexibility index (Phi) is 2.98. The molecule has 8 heteroatoms. The van der Waals surface area contributed by atoms with Crippen molar-refractivity contribution in [2.45, 2.75) is 25.3 Å². The Bertz CT molecular complexity index is 627. The third-order valence-corrected chi connectivity index (χ3v) is 3.51. The average Bonchev–Trinajstić information content (AvgIpc) is 2.85. The predicted molar refractivity (Wildman–Crippen MR) is 70.9 cm³/mol. The van der Waals surface area contributed by atoms with E-state index in [2.05, 4.69) is 19.9 Å². The summed E-state index contributed by atoms with van der Waals surface area (Å²) >= 11 is 5.91. The topological polar surface area (TPSA) is 101 Å². The van der Waals surface area contributed by atoms with Gasteiger partial charge in [-0.15, -0.1) is 0 Å². The maximum absolute atomic E-state index is 11.6. The molecule has 1 fully saturated rings. The summed E-state index contributed by atoms with van der Waals surface area (Å²) in [5.41, 5.74) is 6.64. The van der Waals surface area contributed by atoms with Crippen molar-refractivity contribution >= 4 is 34.5 Å². The molecule has 0 aliphatic carbocycles. The number of nitrogens with one attached hydrogen (secondary N) is 1. The number of carbonyl (C=O) groups excluding carboxylic acids is 1. The second-order valence-corrected chi connectivity index (χ2v) is 4.86. The van der Waals surface area contributed by atoms with E-state index in [1.807, 2.05) is 4.90 Å². The van der Waals surface area contributed by atoms with Gasteiger partial charge in [-0.2, -0.15) is 9.97 Å². The molecular formula is C11H13ClN6O. The van der Waals surface area contributed by atoms with Crippen LogP contribution in [0.1, 0.15) is 19.3 Å². The van der Waals surface area contributed by atoms with Crippen LogP contribution in [0.3, 0.4) is 0 Å². The lowest BCUT2D eigenvalue weighted by atomic mass is 10.0. The van der Waals surface area contributed by atoms with Gasteiger partial charge in [0.1, 0.15) is 11.6 Å². The third kappa shape index (κ3) is 2.10. The Morgan fingerprint density at radius 3 is 3.11 bits per heavy atom. The molecule has 0 saturated carbocycles. The van der Waals surface area contributed by atoms with Crippen molar-refractivity contribution in [3.63, 3.8) is 0 Å². The van der Waals surface area contributed by atoms with Crippen molar-refractivity contribution in [2.24, 2.45) is 5.73 Å². The standard InChI is InChI=1S/C11H13ClN6O/c12-11-16-9-7(14-5-15-9)10(17-11)18-4-2-1-3-6(18)8(13)19/h5-6H,1-4H2,(H2,13,19)(H,14,15,16,17). The first-order chi connectivity index (χ1) is 9.16. The number of fused-ring (bicyclic) bond motifs is 1. The quantitative estimate of drug-likeness (QED) is 0.794. The van der Waals surface area contributed by atoms with Crippen LogP contribution in [0.2, 0.25) is 5.28 Å². The molecule has 1 aliphatic rings. The Hall–Kier alpha value is -1.89. The van der Waals surface area contributed by atoms with Crippen LogP contribution in [-0.2, 0) is 4.79 Å². The lowest BCUT2D eigenvalue weighted by molar-refractivity contribution is -0.119. The molecule has 0 bridgehead atoms. The summed E-state index contributed by atoms with van der Waals surface area (Å²) < 4.78 is 0. The first-order valence-electron chi connectivity index (χ1n) is 6.09. The molecule has 2 aromatic rings. The Morgan fingerprint density at radius 1 is 1.47 bits per heavy atom. The molecule has 0 radical (unpaired) electrons. The molecule has 2 aromatic heterocycles. The predicted octanol–water partition coefficient (Wildman–Crippen LogP) is 0.850. The van der Waals surface area contributed by atoms with E-state index in [0.717, 1.165) is 25.8 Å². The number of imidazole rings is 1. The zero-order valence-corrected chi connectivity index (χ0v) is 10.9. The molecule has 100 valence electrons. The molecular weight excluding hydrogens is 268 g/mol. The molecule has 7 nitrogen and oxygen atoms in total. The highest BCUT2D eigenvalue weighted by Gasteiger charge is 2.30. The maximum Gasteiger partial charge on any atom is 0.240 e. The van der Waals surface area contributed by atoms with Crippen LogP contribution in [0, 0.1) is 0 Å². The van der Waals surface area contributed by atoms with Gasteiger partial charge in [0.25, 0.3) is 0 Å². The number of amides is 1. The van der Waals surface area contributed by atoms with E-state index in [1.54, 1.807) is 0 Å². The zero-order chi connectivity index (χ0) is 13.4. The molecule has 3 rings (SSSR count). The fraction of sp³-hybridized carbons (Fsp3) is 0.455. The monoisotopic (exact) mass is 280 g/mol. The summed E-state index contributed by atoms with van der Waals surface area (Å²) in [4.78, 5) is 28.8. The summed E-state index contributed by atoms with van der Waals surface area (Å²) in [5.74, 6) is 0.248. The molecule has 19 heavy (non-hydrogen) atoms. The van der Waals surface area contributed by atoms with Gasteiger partial charge < -0.3 is 15.6 Å². The number of hydrogen-bond donors (Lipinski definition) is 2. The average molecular weight is 281 g/mol. The van der Waals surface area contributed by atoms with Crippen LogP contribution < -0.4 is 10.6 Å². The van der Waals surface area contributed by atoms with Crippen molar-refractivity contribution in [3.8, 4) is 0 Å². The van der Waals surface area contributed by atoms with E-state index in [0.29, 0.717) is 17.0 Å². The number of H-pyrrole nitrogens is 1. The molecule has 1 amide bonds. The number of nitrogens with zero attached hydrogens (tertiary/aromatic N) is 4. The van der Waals surface area contributed by atoms with E-state index < -0.39 is 0 Å². The van der Waals surface area contributed by atoms with Gasteiger partial charge in [-0.1, -0.05) is 0 Å². The van der Waals surface area contributed by atoms with Gasteiger partial charge in [0.05, 0.1) is 6.33 Å². The molecule has 1 saturated heterocycles. The van der Waals surface area contributed by atoms with Gasteiger partial charge >= 0.3 is 0 Å². The summed E-state index contributed by atoms with van der Waals surface area (Å²) in [6.45, 7) is 0.717. The molecule has 0 aromatic carbocycles. The van der Waals surface area contributed by atoms with Gasteiger partial charge in [-0.25, -0.2) is 4.98 Å². The molecule has 1 aliphatic heterocycles. The van der Waals surface area contributed by atoms with Gasteiger partial charge in [0.2, 0.25) is 11.2 Å². The van der Waals surface area contributed by atoms with Crippen LogP contribution in [0.15, 0.2) is 6.33 Å². The lowest BCUT2D eigenvalue weighted by Gasteiger charge is -2.34. The fourth-order valence-electron chi connectivity index (χ4n) is 2.48. The Balaban J connectivity index is 2.11. The summed E-state index contributed by atoms with van der Waals surface area (Å²) in [5, 5.41) is 0.114.